The minimum atomic E-state index is -0.0276. The number of benzene rings is 1. The molecule has 0 bridgehead atoms. The van der Waals surface area contributed by atoms with Crippen molar-refractivity contribution in [2.45, 2.75) is 0 Å². The second kappa shape index (κ2) is 5.95. The van der Waals surface area contributed by atoms with Gasteiger partial charge < -0.3 is 24.6 Å². The lowest BCUT2D eigenvalue weighted by molar-refractivity contribution is 0.174. The zero-order valence-corrected chi connectivity index (χ0v) is 11.9. The van der Waals surface area contributed by atoms with E-state index in [1.54, 1.807) is 6.08 Å². The molecule has 1 N–H and O–H groups in total. The molecule has 0 aliphatic carbocycles. The molecule has 6 heteroatoms. The molecule has 0 aromatic heterocycles. The number of amides is 2. The van der Waals surface area contributed by atoms with Gasteiger partial charge in [-0.2, -0.15) is 0 Å². The summed E-state index contributed by atoms with van der Waals surface area (Å²) < 4.78 is 10.7. The molecule has 1 fully saturated rings. The van der Waals surface area contributed by atoms with Gasteiger partial charge >= 0.3 is 6.03 Å². The summed E-state index contributed by atoms with van der Waals surface area (Å²) in [5, 5.41) is 2.80. The Morgan fingerprint density at radius 2 is 2.00 bits per heavy atom. The van der Waals surface area contributed by atoms with Crippen LogP contribution in [-0.2, 0) is 0 Å². The molecule has 1 aromatic rings. The predicted octanol–water partition coefficient (Wildman–Crippen LogP) is 1.43. The molecule has 0 unspecified atom stereocenters. The Kier molecular flexibility index (Phi) is 3.85. The van der Waals surface area contributed by atoms with E-state index in [2.05, 4.69) is 16.8 Å². The van der Waals surface area contributed by atoms with E-state index in [9.17, 15) is 4.79 Å². The lowest BCUT2D eigenvalue weighted by atomic mass is 10.2. The Hall–Kier alpha value is -2.37. The molecule has 0 saturated carbocycles. The minimum absolute atomic E-state index is 0.0276. The van der Waals surface area contributed by atoms with Gasteiger partial charge in [0, 0.05) is 44.5 Å². The van der Waals surface area contributed by atoms with Crippen LogP contribution >= 0.6 is 0 Å². The number of nitrogens with one attached hydrogen (secondary N) is 1. The molecular formula is C15H19N3O3. The van der Waals surface area contributed by atoms with E-state index in [1.165, 1.54) is 0 Å². The van der Waals surface area contributed by atoms with Crippen LogP contribution in [0.25, 0.3) is 0 Å². The monoisotopic (exact) mass is 289 g/mol. The lowest BCUT2D eigenvalue weighted by Crippen LogP contribution is -2.51. The summed E-state index contributed by atoms with van der Waals surface area (Å²) in [5.41, 5.74) is 1.10. The number of fused-ring (bicyclic) bond motifs is 1. The van der Waals surface area contributed by atoms with E-state index in [-0.39, 0.29) is 12.8 Å². The van der Waals surface area contributed by atoms with E-state index in [1.807, 2.05) is 23.1 Å². The van der Waals surface area contributed by atoms with Gasteiger partial charge in [0.05, 0.1) is 0 Å². The Morgan fingerprint density at radius 3 is 2.76 bits per heavy atom. The number of nitrogens with zero attached hydrogens (tertiary/aromatic N) is 2. The quantitative estimate of drug-likeness (QED) is 0.855. The molecule has 2 aliphatic rings. The molecule has 0 spiro atoms. The summed E-state index contributed by atoms with van der Waals surface area (Å²) in [4.78, 5) is 15.9. The molecule has 1 aromatic carbocycles. The molecule has 6 nitrogen and oxygen atoms in total. The Balaban J connectivity index is 1.58. The van der Waals surface area contributed by atoms with Gasteiger partial charge in [-0.3, -0.25) is 0 Å². The molecule has 1 saturated heterocycles. The fourth-order valence-corrected chi connectivity index (χ4v) is 2.52. The maximum Gasteiger partial charge on any atom is 0.317 e. The third-order valence-corrected chi connectivity index (χ3v) is 3.69. The van der Waals surface area contributed by atoms with Gasteiger partial charge in [-0.1, -0.05) is 6.08 Å². The Morgan fingerprint density at radius 1 is 1.24 bits per heavy atom. The highest BCUT2D eigenvalue weighted by Gasteiger charge is 2.22. The van der Waals surface area contributed by atoms with Crippen LogP contribution in [0, 0.1) is 0 Å². The highest BCUT2D eigenvalue weighted by atomic mass is 16.7. The normalized spacial score (nSPS) is 16.8. The fourth-order valence-electron chi connectivity index (χ4n) is 2.52. The van der Waals surface area contributed by atoms with Crippen molar-refractivity contribution in [1.82, 2.24) is 10.2 Å². The second-order valence-corrected chi connectivity index (χ2v) is 4.99. The number of hydrogen-bond donors (Lipinski definition) is 1. The molecule has 2 aliphatic heterocycles. The molecule has 0 atom stereocenters. The number of rotatable bonds is 3. The lowest BCUT2D eigenvalue weighted by Gasteiger charge is -2.36. The maximum atomic E-state index is 11.9. The highest BCUT2D eigenvalue weighted by Crippen LogP contribution is 2.35. The molecule has 112 valence electrons. The van der Waals surface area contributed by atoms with Crippen molar-refractivity contribution in [3.8, 4) is 11.5 Å². The zero-order chi connectivity index (χ0) is 14.7. The number of carbonyl (C=O) groups is 1. The smallest absolute Gasteiger partial charge is 0.317 e. The van der Waals surface area contributed by atoms with Gasteiger partial charge in [-0.05, 0) is 12.1 Å². The summed E-state index contributed by atoms with van der Waals surface area (Å²) in [7, 11) is 0. The van der Waals surface area contributed by atoms with Gasteiger partial charge in [-0.25, -0.2) is 4.79 Å². The molecule has 3 rings (SSSR count). The van der Waals surface area contributed by atoms with Crippen LogP contribution in [0.4, 0.5) is 10.5 Å². The van der Waals surface area contributed by atoms with Crippen LogP contribution < -0.4 is 19.7 Å². The summed E-state index contributed by atoms with van der Waals surface area (Å²) >= 11 is 0. The molecule has 2 amide bonds. The van der Waals surface area contributed by atoms with E-state index in [4.69, 9.17) is 9.47 Å². The number of urea groups is 1. The second-order valence-electron chi connectivity index (χ2n) is 4.99. The predicted molar refractivity (Wildman–Crippen MR) is 79.9 cm³/mol. The Labute approximate surface area is 123 Å². The molecule has 2 heterocycles. The summed E-state index contributed by atoms with van der Waals surface area (Å²) in [6.45, 7) is 7.41. The van der Waals surface area contributed by atoms with Gasteiger partial charge in [0.2, 0.25) is 6.79 Å². The zero-order valence-electron chi connectivity index (χ0n) is 11.9. The largest absolute Gasteiger partial charge is 0.454 e. The first-order valence-corrected chi connectivity index (χ1v) is 7.06. The SMILES string of the molecule is C=CCNC(=O)N1CCN(c2ccc3c(c2)OCO3)CC1. The van der Waals surface area contributed by atoms with E-state index in [0.717, 1.165) is 30.3 Å². The van der Waals surface area contributed by atoms with Gasteiger partial charge in [0.25, 0.3) is 0 Å². The average Bonchev–Trinajstić information content (AvgIpc) is 3.00. The van der Waals surface area contributed by atoms with Crippen molar-refractivity contribution in [1.29, 1.82) is 0 Å². The van der Waals surface area contributed by atoms with Crippen LogP contribution in [-0.4, -0.2) is 50.4 Å². The Bertz CT molecular complexity index is 539. The van der Waals surface area contributed by atoms with E-state index >= 15 is 0 Å². The first-order chi connectivity index (χ1) is 10.3. The van der Waals surface area contributed by atoms with Gasteiger partial charge in [0.15, 0.2) is 11.5 Å². The van der Waals surface area contributed by atoms with E-state index < -0.39 is 0 Å². The maximum absolute atomic E-state index is 11.9. The van der Waals surface area contributed by atoms with Gasteiger partial charge in [-0.15, -0.1) is 6.58 Å². The molecule has 21 heavy (non-hydrogen) atoms. The topological polar surface area (TPSA) is 54.0 Å². The standard InChI is InChI=1S/C15H19N3O3/c1-2-5-16-15(19)18-8-6-17(7-9-18)12-3-4-13-14(10-12)21-11-20-13/h2-4,10H,1,5-9,11H2,(H,16,19). The number of hydrogen-bond acceptors (Lipinski definition) is 4. The fraction of sp³-hybridized carbons (Fsp3) is 0.400. The number of ether oxygens (including phenoxy) is 2. The van der Waals surface area contributed by atoms with Gasteiger partial charge in [0.1, 0.15) is 0 Å². The third-order valence-electron chi connectivity index (χ3n) is 3.69. The molecule has 0 radical (unpaired) electrons. The van der Waals surface area contributed by atoms with Crippen molar-refractivity contribution >= 4 is 11.7 Å². The van der Waals surface area contributed by atoms with Crippen LogP contribution in [0.3, 0.4) is 0 Å². The van der Waals surface area contributed by atoms with Crippen molar-refractivity contribution in [3.63, 3.8) is 0 Å². The van der Waals surface area contributed by atoms with Crippen molar-refractivity contribution < 1.29 is 14.3 Å². The minimum Gasteiger partial charge on any atom is -0.454 e. The summed E-state index contributed by atoms with van der Waals surface area (Å²) in [6, 6.07) is 5.93. The molecular weight excluding hydrogens is 270 g/mol. The van der Waals surface area contributed by atoms with Crippen LogP contribution in [0.1, 0.15) is 0 Å². The number of carbonyl (C=O) groups excluding carboxylic acids is 1. The first kappa shape index (κ1) is 13.6. The average molecular weight is 289 g/mol. The summed E-state index contributed by atoms with van der Waals surface area (Å²) in [5.74, 6) is 1.58. The van der Waals surface area contributed by atoms with Crippen molar-refractivity contribution in [2.24, 2.45) is 0 Å². The highest BCUT2D eigenvalue weighted by molar-refractivity contribution is 5.74. The van der Waals surface area contributed by atoms with Crippen LogP contribution in [0.2, 0.25) is 0 Å². The van der Waals surface area contributed by atoms with Crippen LogP contribution in [0.15, 0.2) is 30.9 Å². The number of piperazine rings is 1. The summed E-state index contributed by atoms with van der Waals surface area (Å²) in [6.07, 6.45) is 1.68. The van der Waals surface area contributed by atoms with Crippen molar-refractivity contribution in [2.75, 3.05) is 44.4 Å². The van der Waals surface area contributed by atoms with Crippen molar-refractivity contribution in [3.05, 3.63) is 30.9 Å². The first-order valence-electron chi connectivity index (χ1n) is 7.06. The third kappa shape index (κ3) is 2.89. The van der Waals surface area contributed by atoms with E-state index in [0.29, 0.717) is 19.6 Å². The van der Waals surface area contributed by atoms with Crippen LogP contribution in [0.5, 0.6) is 11.5 Å². The number of anilines is 1.